The first-order valence-corrected chi connectivity index (χ1v) is 26.8. The monoisotopic (exact) mass is 1040 g/mol. The van der Waals surface area contributed by atoms with E-state index >= 15 is 0 Å². The molecule has 0 fully saturated rings. The van der Waals surface area contributed by atoms with Crippen molar-refractivity contribution in [1.29, 1.82) is 0 Å². The van der Waals surface area contributed by atoms with Gasteiger partial charge in [-0.25, -0.2) is 9.13 Å². The second-order valence-corrected chi connectivity index (χ2v) is 21.6. The van der Waals surface area contributed by atoms with E-state index < -0.39 is 39.9 Å². The molecule has 0 saturated heterocycles. The van der Waals surface area contributed by atoms with E-state index in [4.69, 9.17) is 63.7 Å². The largest absolute Gasteiger partial charge is 0.489 e. The molecule has 13 nitrogen and oxygen atoms in total. The van der Waals surface area contributed by atoms with Crippen molar-refractivity contribution in [3.05, 3.63) is 178 Å². The molecular weight excluding hydrogens is 990 g/mol. The molecule has 0 aromatic heterocycles. The number of nitrogens with two attached hydrogens (primary N) is 2. The molecule has 9 N–H and O–H groups in total. The highest BCUT2D eigenvalue weighted by atomic mass is 35.5. The number of phosphoric acid groups is 2. The number of halogens is 2. The molecule has 0 heterocycles. The van der Waals surface area contributed by atoms with Gasteiger partial charge in [0, 0.05) is 35.2 Å². The van der Waals surface area contributed by atoms with Gasteiger partial charge in [0.25, 0.3) is 0 Å². The predicted octanol–water partition coefficient (Wildman–Crippen LogP) is 11.0. The van der Waals surface area contributed by atoms with Crippen molar-refractivity contribution in [1.82, 2.24) is 0 Å². The standard InChI is InChI=1S/C25H29ClNO5PS.C24H27ClNO6PS/c1-2-25(27,18-32-33(28,29)30)14-13-20-11-12-23(16-24(20)26)34-22-10-6-9-21(15-22)31-17-19-7-4-3-5-8-19;25-23-14-22(10-9-19(23)11-12-24(26,16-27)17-32-33(28,29)30)34-21-8-4-7-20(13-21)31-15-18-5-2-1-3-6-18/h3-12,15-16H,2,13-14,17-18,27H2,1H3,(H2,28,29,30);1-10,13-14,27H,11-12,15-17,26H2,(H2,28,29,30)/t25-;24-/m00/s1. The van der Waals surface area contributed by atoms with Gasteiger partial charge in [0.2, 0.25) is 0 Å². The second-order valence-electron chi connectivity index (χ2n) is 16.0. The van der Waals surface area contributed by atoms with Crippen LogP contribution in [0, 0.1) is 0 Å². The summed E-state index contributed by atoms with van der Waals surface area (Å²) < 4.78 is 42.9. The molecule has 6 aromatic rings. The van der Waals surface area contributed by atoms with E-state index in [1.165, 1.54) is 0 Å². The summed E-state index contributed by atoms with van der Waals surface area (Å²) in [5.41, 5.74) is 14.1. The van der Waals surface area contributed by atoms with Gasteiger partial charge in [0.05, 0.1) is 25.4 Å². The molecule has 0 bridgehead atoms. The normalized spacial score (nSPS) is 13.4. The van der Waals surface area contributed by atoms with E-state index in [2.05, 4.69) is 9.05 Å². The highest BCUT2D eigenvalue weighted by Crippen LogP contribution is 2.39. The Morgan fingerprint density at radius 1 is 0.544 bits per heavy atom. The van der Waals surface area contributed by atoms with Crippen molar-refractivity contribution in [2.75, 3.05) is 19.8 Å². The van der Waals surface area contributed by atoms with Gasteiger partial charge < -0.3 is 45.6 Å². The molecule has 364 valence electrons. The van der Waals surface area contributed by atoms with Crippen LogP contribution in [0.25, 0.3) is 0 Å². The maximum absolute atomic E-state index is 11.0. The number of hydrogen-bond donors (Lipinski definition) is 7. The van der Waals surface area contributed by atoms with Crippen LogP contribution in [0.1, 0.15) is 48.4 Å². The maximum Gasteiger partial charge on any atom is 0.469 e. The van der Waals surface area contributed by atoms with Gasteiger partial charge in [0.15, 0.2) is 0 Å². The smallest absolute Gasteiger partial charge is 0.469 e. The van der Waals surface area contributed by atoms with Crippen molar-refractivity contribution in [2.45, 2.75) is 82.9 Å². The topological polar surface area (TPSA) is 224 Å². The first kappa shape index (κ1) is 55.2. The Balaban J connectivity index is 0.000000254. The number of rotatable bonds is 24. The zero-order valence-electron chi connectivity index (χ0n) is 37.2. The van der Waals surface area contributed by atoms with Gasteiger partial charge in [-0.15, -0.1) is 0 Å². The van der Waals surface area contributed by atoms with Crippen molar-refractivity contribution >= 4 is 62.4 Å². The van der Waals surface area contributed by atoms with Crippen molar-refractivity contribution in [3.63, 3.8) is 0 Å². The minimum absolute atomic E-state index is 0.220. The number of aryl methyl sites for hydroxylation is 2. The number of ether oxygens (including phenoxy) is 2. The first-order chi connectivity index (χ1) is 32.3. The molecule has 6 rings (SSSR count). The van der Waals surface area contributed by atoms with Crippen LogP contribution in [0.2, 0.25) is 10.0 Å². The minimum atomic E-state index is -4.67. The molecule has 0 spiro atoms. The van der Waals surface area contributed by atoms with E-state index in [9.17, 15) is 14.2 Å². The SMILES string of the molecule is CC[C@](N)(CCc1ccc(Sc2cccc(OCc3ccccc3)c2)cc1Cl)COP(=O)(O)O.N[C@](CO)(CCc1ccc(Sc2cccc(OCc3ccccc3)c2)cc1Cl)COP(=O)(O)O. The lowest BCUT2D eigenvalue weighted by molar-refractivity contribution is 0.102. The van der Waals surface area contributed by atoms with Crippen LogP contribution in [0.4, 0.5) is 0 Å². The van der Waals surface area contributed by atoms with Crippen molar-refractivity contribution in [2.24, 2.45) is 11.5 Å². The van der Waals surface area contributed by atoms with Gasteiger partial charge in [0.1, 0.15) is 24.7 Å². The zero-order valence-corrected chi connectivity index (χ0v) is 42.2. The lowest BCUT2D eigenvalue weighted by Gasteiger charge is -2.28. The van der Waals surface area contributed by atoms with Crippen LogP contribution < -0.4 is 20.9 Å². The van der Waals surface area contributed by atoms with Gasteiger partial charge in [-0.2, -0.15) is 0 Å². The van der Waals surface area contributed by atoms with Crippen LogP contribution in [0.3, 0.4) is 0 Å². The third-order valence-electron chi connectivity index (χ3n) is 10.5. The average Bonchev–Trinajstić information content (AvgIpc) is 3.31. The van der Waals surface area contributed by atoms with Gasteiger partial charge in [-0.3, -0.25) is 9.05 Å². The summed E-state index contributed by atoms with van der Waals surface area (Å²) in [5.74, 6) is 1.57. The molecular formula is C49H56Cl2N2O11P2S2. The van der Waals surface area contributed by atoms with Gasteiger partial charge >= 0.3 is 15.6 Å². The summed E-state index contributed by atoms with van der Waals surface area (Å²) >= 11 is 16.1. The molecule has 19 heteroatoms. The fourth-order valence-electron chi connectivity index (χ4n) is 6.34. The molecule has 2 atom stereocenters. The summed E-state index contributed by atoms with van der Waals surface area (Å²) in [4.78, 5) is 39.7. The summed E-state index contributed by atoms with van der Waals surface area (Å²) in [6, 6.07) is 47.3. The van der Waals surface area contributed by atoms with Crippen molar-refractivity contribution in [3.8, 4) is 11.5 Å². The molecule has 68 heavy (non-hydrogen) atoms. The fourth-order valence-corrected chi connectivity index (χ4v) is 9.68. The number of benzene rings is 6. The molecule has 0 amide bonds. The highest BCUT2D eigenvalue weighted by molar-refractivity contribution is 7.99. The van der Waals surface area contributed by atoms with E-state index in [1.54, 1.807) is 23.5 Å². The molecule has 0 saturated carbocycles. The van der Waals surface area contributed by atoms with E-state index in [1.807, 2.05) is 153 Å². The second kappa shape index (κ2) is 26.5. The van der Waals surface area contributed by atoms with Crippen LogP contribution >= 0.6 is 62.4 Å². The molecule has 0 unspecified atom stereocenters. The fraction of sp³-hybridized carbons (Fsp3) is 0.265. The molecule has 6 aromatic carbocycles. The number of aliphatic hydroxyl groups excluding tert-OH is 1. The lowest BCUT2D eigenvalue weighted by atomic mass is 9.90. The predicted molar refractivity (Wildman–Crippen MR) is 269 cm³/mol. The quantitative estimate of drug-likeness (QED) is 0.0280. The van der Waals surface area contributed by atoms with Crippen LogP contribution in [0.5, 0.6) is 11.5 Å². The summed E-state index contributed by atoms with van der Waals surface area (Å²) in [6.07, 6.45) is 2.21. The Morgan fingerprint density at radius 3 is 1.32 bits per heavy atom. The minimum Gasteiger partial charge on any atom is -0.489 e. The molecule has 0 aliphatic heterocycles. The molecule has 0 radical (unpaired) electrons. The lowest BCUT2D eigenvalue weighted by Crippen LogP contribution is -2.48. The van der Waals surface area contributed by atoms with Crippen molar-refractivity contribution < 1.29 is 52.3 Å². The number of phosphoric ester groups is 2. The first-order valence-electron chi connectivity index (χ1n) is 21.4. The van der Waals surface area contributed by atoms with Gasteiger partial charge in [-0.1, -0.05) is 139 Å². The summed E-state index contributed by atoms with van der Waals surface area (Å²) in [7, 11) is -9.24. The van der Waals surface area contributed by atoms with E-state index in [0.717, 1.165) is 53.3 Å². The summed E-state index contributed by atoms with van der Waals surface area (Å²) in [5, 5.41) is 10.7. The van der Waals surface area contributed by atoms with Crippen LogP contribution in [-0.4, -0.2) is 55.6 Å². The Bertz CT molecular complexity index is 2440. The third-order valence-corrected chi connectivity index (χ3v) is 14.1. The van der Waals surface area contributed by atoms with Crippen LogP contribution in [0.15, 0.2) is 165 Å². The van der Waals surface area contributed by atoms with Crippen LogP contribution in [-0.2, 0) is 44.2 Å². The Kier molecular flexibility index (Phi) is 21.5. The highest BCUT2D eigenvalue weighted by Gasteiger charge is 2.29. The zero-order chi connectivity index (χ0) is 49.2. The summed E-state index contributed by atoms with van der Waals surface area (Å²) in [6.45, 7) is 1.69. The average molecular weight is 1050 g/mol. The number of aliphatic hydroxyl groups is 1. The Labute approximate surface area is 416 Å². The maximum atomic E-state index is 11.0. The van der Waals surface area contributed by atoms with E-state index in [-0.39, 0.29) is 13.0 Å². The number of hydrogen-bond acceptors (Lipinski definition) is 11. The Hall–Kier alpha value is -3.70. The Morgan fingerprint density at radius 2 is 0.941 bits per heavy atom. The molecule has 0 aliphatic carbocycles. The molecule has 0 aliphatic rings. The van der Waals surface area contributed by atoms with E-state index in [0.29, 0.717) is 48.9 Å². The van der Waals surface area contributed by atoms with Gasteiger partial charge in [-0.05, 0) is 115 Å². The third kappa shape index (κ3) is 20.0.